The lowest BCUT2D eigenvalue weighted by atomic mass is 10.1. The normalized spacial score (nSPS) is 11.2. The standard InChI is InChI=1S/C26H22N2O4/c1-18-10-12-20(13-11-18)24(29)22-9-5-15-28(22)14-3-2-6-19-7-4-8-21(16-19)25-23(26(30)31)27-17-32-25/h2,4-13,15-17H,3,14H2,1H3,(H,30,31)/b6-2+. The second-order valence-electron chi connectivity index (χ2n) is 7.43. The van der Waals surface area contributed by atoms with Crippen molar-refractivity contribution in [3.05, 3.63) is 107 Å². The summed E-state index contributed by atoms with van der Waals surface area (Å²) < 4.78 is 7.22. The maximum atomic E-state index is 12.8. The lowest BCUT2D eigenvalue weighted by molar-refractivity contribution is 0.0691. The molecule has 0 amide bonds. The Morgan fingerprint density at radius 2 is 1.91 bits per heavy atom. The van der Waals surface area contributed by atoms with Crippen LogP contribution < -0.4 is 0 Å². The number of rotatable bonds is 8. The number of carboxylic acids is 1. The number of carbonyl (C=O) groups excluding carboxylic acids is 1. The number of allylic oxidation sites excluding steroid dienone is 1. The van der Waals surface area contributed by atoms with Crippen LogP contribution in [0.5, 0.6) is 0 Å². The zero-order valence-electron chi connectivity index (χ0n) is 17.6. The number of carbonyl (C=O) groups is 2. The first kappa shape index (κ1) is 21.1. The predicted octanol–water partition coefficient (Wildman–Crippen LogP) is 5.48. The maximum Gasteiger partial charge on any atom is 0.358 e. The average Bonchev–Trinajstić information content (AvgIpc) is 3.47. The van der Waals surface area contributed by atoms with Crippen LogP contribution in [0.4, 0.5) is 0 Å². The van der Waals surface area contributed by atoms with Crippen LogP contribution in [0, 0.1) is 6.92 Å². The quantitative estimate of drug-likeness (QED) is 0.377. The van der Waals surface area contributed by atoms with Crippen LogP contribution in [0.15, 0.2) is 83.7 Å². The summed E-state index contributed by atoms with van der Waals surface area (Å²) in [7, 11) is 0. The Kier molecular flexibility index (Phi) is 6.12. The van der Waals surface area contributed by atoms with Gasteiger partial charge in [0.2, 0.25) is 5.78 Å². The summed E-state index contributed by atoms with van der Waals surface area (Å²) in [6, 6.07) is 18.7. The molecule has 32 heavy (non-hydrogen) atoms. The zero-order chi connectivity index (χ0) is 22.5. The van der Waals surface area contributed by atoms with Gasteiger partial charge in [-0.2, -0.15) is 0 Å². The number of aryl methyl sites for hydroxylation is 2. The van der Waals surface area contributed by atoms with Crippen molar-refractivity contribution < 1.29 is 19.1 Å². The van der Waals surface area contributed by atoms with Crippen LogP contribution in [-0.2, 0) is 6.54 Å². The number of nitrogens with zero attached hydrogens (tertiary/aromatic N) is 2. The molecule has 0 aliphatic rings. The summed E-state index contributed by atoms with van der Waals surface area (Å²) in [4.78, 5) is 27.9. The van der Waals surface area contributed by atoms with Crippen LogP contribution in [0.25, 0.3) is 17.4 Å². The van der Waals surface area contributed by atoms with Crippen molar-refractivity contribution in [3.63, 3.8) is 0 Å². The summed E-state index contributed by atoms with van der Waals surface area (Å²) in [6.07, 6.45) is 7.76. The Labute approximate surface area is 185 Å². The highest BCUT2D eigenvalue weighted by Gasteiger charge is 2.17. The van der Waals surface area contributed by atoms with E-state index in [1.807, 2.05) is 84.4 Å². The minimum absolute atomic E-state index is 0.00738. The van der Waals surface area contributed by atoms with Crippen LogP contribution >= 0.6 is 0 Å². The maximum absolute atomic E-state index is 12.8. The SMILES string of the molecule is Cc1ccc(C(=O)c2cccn2CC/C=C/c2cccc(-c3ocnc3C(=O)O)c2)cc1. The molecule has 0 spiro atoms. The number of carboxylic acid groups (broad SMARTS) is 1. The van der Waals surface area contributed by atoms with Crippen molar-refractivity contribution in [1.82, 2.24) is 9.55 Å². The highest BCUT2D eigenvalue weighted by atomic mass is 16.4. The van der Waals surface area contributed by atoms with E-state index in [1.165, 1.54) is 0 Å². The van der Waals surface area contributed by atoms with Gasteiger partial charge in [0.1, 0.15) is 0 Å². The van der Waals surface area contributed by atoms with E-state index in [-0.39, 0.29) is 17.2 Å². The molecule has 2 aromatic carbocycles. The molecule has 1 N–H and O–H groups in total. The van der Waals surface area contributed by atoms with Crippen LogP contribution in [0.2, 0.25) is 0 Å². The largest absolute Gasteiger partial charge is 0.476 e. The first-order valence-electron chi connectivity index (χ1n) is 10.2. The molecule has 0 aliphatic heterocycles. The van der Waals surface area contributed by atoms with E-state index in [0.717, 1.165) is 23.9 Å². The Hall–Kier alpha value is -4.19. The number of hydrogen-bond acceptors (Lipinski definition) is 4. The molecule has 0 saturated carbocycles. The molecular weight excluding hydrogens is 404 g/mol. The summed E-state index contributed by atoms with van der Waals surface area (Å²) >= 11 is 0. The van der Waals surface area contributed by atoms with Gasteiger partial charge in [-0.1, -0.05) is 60.2 Å². The number of benzene rings is 2. The van der Waals surface area contributed by atoms with Crippen molar-refractivity contribution in [3.8, 4) is 11.3 Å². The number of hydrogen-bond donors (Lipinski definition) is 1. The van der Waals surface area contributed by atoms with Crippen molar-refractivity contribution >= 4 is 17.8 Å². The van der Waals surface area contributed by atoms with Crippen LogP contribution in [0.1, 0.15) is 44.1 Å². The molecular formula is C26H22N2O4. The van der Waals surface area contributed by atoms with Crippen LogP contribution in [-0.4, -0.2) is 26.4 Å². The fourth-order valence-corrected chi connectivity index (χ4v) is 3.49. The van der Waals surface area contributed by atoms with Gasteiger partial charge in [-0.25, -0.2) is 9.78 Å². The minimum Gasteiger partial charge on any atom is -0.476 e. The molecule has 0 atom stereocenters. The lowest BCUT2D eigenvalue weighted by Crippen LogP contribution is -2.09. The molecule has 6 nitrogen and oxygen atoms in total. The first-order chi connectivity index (χ1) is 15.5. The topological polar surface area (TPSA) is 85.3 Å². The molecule has 2 aromatic heterocycles. The van der Waals surface area contributed by atoms with E-state index in [4.69, 9.17) is 4.42 Å². The molecule has 0 saturated heterocycles. The highest BCUT2D eigenvalue weighted by Crippen LogP contribution is 2.24. The van der Waals surface area contributed by atoms with Crippen molar-refractivity contribution in [1.29, 1.82) is 0 Å². The van der Waals surface area contributed by atoms with E-state index < -0.39 is 5.97 Å². The average molecular weight is 426 g/mol. The van der Waals surface area contributed by atoms with E-state index in [0.29, 0.717) is 23.4 Å². The van der Waals surface area contributed by atoms with Crippen molar-refractivity contribution in [2.45, 2.75) is 19.9 Å². The van der Waals surface area contributed by atoms with Gasteiger partial charge in [0.15, 0.2) is 17.8 Å². The smallest absolute Gasteiger partial charge is 0.358 e. The second kappa shape index (κ2) is 9.31. The monoisotopic (exact) mass is 426 g/mol. The molecule has 6 heteroatoms. The van der Waals surface area contributed by atoms with Crippen LogP contribution in [0.3, 0.4) is 0 Å². The highest BCUT2D eigenvalue weighted by molar-refractivity contribution is 6.08. The van der Waals surface area contributed by atoms with Gasteiger partial charge in [0.05, 0.1) is 5.69 Å². The summed E-state index contributed by atoms with van der Waals surface area (Å²) in [5.74, 6) is -0.885. The van der Waals surface area contributed by atoms with Gasteiger partial charge in [0, 0.05) is 23.9 Å². The first-order valence-corrected chi connectivity index (χ1v) is 10.2. The Bertz CT molecular complexity index is 1280. The third-order valence-electron chi connectivity index (χ3n) is 5.14. The fraction of sp³-hybridized carbons (Fsp3) is 0.115. The lowest BCUT2D eigenvalue weighted by Gasteiger charge is -2.07. The molecule has 4 rings (SSSR count). The molecule has 160 valence electrons. The van der Waals surface area contributed by atoms with Gasteiger partial charge < -0.3 is 14.1 Å². The van der Waals surface area contributed by atoms with E-state index in [1.54, 1.807) is 6.07 Å². The van der Waals surface area contributed by atoms with Crippen molar-refractivity contribution in [2.24, 2.45) is 0 Å². The Morgan fingerprint density at radius 1 is 1.09 bits per heavy atom. The number of aromatic nitrogens is 2. The fourth-order valence-electron chi connectivity index (χ4n) is 3.49. The third-order valence-corrected chi connectivity index (χ3v) is 5.14. The van der Waals surface area contributed by atoms with E-state index >= 15 is 0 Å². The van der Waals surface area contributed by atoms with E-state index in [9.17, 15) is 14.7 Å². The van der Waals surface area contributed by atoms with Gasteiger partial charge in [-0.3, -0.25) is 4.79 Å². The van der Waals surface area contributed by atoms with Gasteiger partial charge in [-0.05, 0) is 37.1 Å². The Morgan fingerprint density at radius 3 is 2.69 bits per heavy atom. The number of ketones is 1. The second-order valence-corrected chi connectivity index (χ2v) is 7.43. The van der Waals surface area contributed by atoms with Crippen molar-refractivity contribution in [2.75, 3.05) is 0 Å². The Balaban J connectivity index is 1.43. The summed E-state index contributed by atoms with van der Waals surface area (Å²) in [6.45, 7) is 2.66. The van der Waals surface area contributed by atoms with E-state index in [2.05, 4.69) is 4.98 Å². The number of aromatic carboxylic acids is 1. The van der Waals surface area contributed by atoms with Gasteiger partial charge in [0.25, 0.3) is 0 Å². The third kappa shape index (κ3) is 4.59. The molecule has 0 aliphatic carbocycles. The molecule has 0 unspecified atom stereocenters. The molecule has 0 radical (unpaired) electrons. The molecule has 2 heterocycles. The molecule has 0 bridgehead atoms. The number of oxazole rings is 1. The summed E-state index contributed by atoms with van der Waals surface area (Å²) in [5, 5.41) is 9.23. The van der Waals surface area contributed by atoms with Gasteiger partial charge >= 0.3 is 5.97 Å². The molecule has 4 aromatic rings. The predicted molar refractivity (Wildman–Crippen MR) is 122 cm³/mol. The summed E-state index contributed by atoms with van der Waals surface area (Å²) in [5.41, 5.74) is 3.92. The molecule has 0 fully saturated rings. The zero-order valence-corrected chi connectivity index (χ0v) is 17.6. The van der Waals surface area contributed by atoms with Gasteiger partial charge in [-0.15, -0.1) is 0 Å². The minimum atomic E-state index is -1.13.